The van der Waals surface area contributed by atoms with Crippen LogP contribution in [0.25, 0.3) is 20.9 Å². The van der Waals surface area contributed by atoms with E-state index < -0.39 is 116 Å². The Labute approximate surface area is 302 Å². The number of nitrogens with one attached hydrogen (secondary N) is 2. The molecule has 0 aromatic carbocycles. The third-order valence-corrected chi connectivity index (χ3v) is 13.2. The number of aromatic nitrogens is 4. The Hall–Kier alpha value is -3.62. The third-order valence-electron chi connectivity index (χ3n) is 7.31. The maximum atomic E-state index is 12.5. The van der Waals surface area contributed by atoms with E-state index in [0.717, 1.165) is 12.4 Å². The summed E-state index contributed by atoms with van der Waals surface area (Å²) in [7, 11) is -24.4. The molecule has 2 aliphatic rings. The van der Waals surface area contributed by atoms with Crippen molar-refractivity contribution >= 4 is 31.3 Å². The van der Waals surface area contributed by atoms with E-state index in [9.17, 15) is 67.2 Å². The van der Waals surface area contributed by atoms with Gasteiger partial charge in [0.15, 0.2) is 12.5 Å². The average Bonchev–Trinajstić information content (AvgIpc) is 3.52. The first-order valence-corrected chi connectivity index (χ1v) is 20.5. The summed E-state index contributed by atoms with van der Waals surface area (Å²) in [5, 5.41) is 27.7. The zero-order chi connectivity index (χ0) is 41.3. The molecule has 0 radical (unpaired) electrons. The molecule has 0 saturated carbocycles. The molecule has 0 bridgehead atoms. The second-order valence-electron chi connectivity index (χ2n) is 11.2. The standard InChI is InChI=1S/C20H28N10O21P4/c1-7-3-29(19(35)23-15(7)33)17-13(31)11(25-27-21)9(47-17)5-45-52(37,38)49-54(41,42)51-55(43,44)50-53(39,40)46-6-10-12(26-28-22)14(32)18(48-10)30-4-8(2)16(34)24-20(30)36/h3-4,9-14,17-18,31-32H,5-6H2,1-2H3,(H,37,38)(H,39,40)(H,41,42)(H,43,44)(H,23,33,35)(H,24,34,36)/t9-,10-,11-,12-,13-,14-,17-,18-/m1/s1. The number of aromatic amines is 2. The molecule has 0 amide bonds. The molecule has 4 unspecified atom stereocenters. The highest BCUT2D eigenvalue weighted by Crippen LogP contribution is 2.71. The van der Waals surface area contributed by atoms with E-state index in [0.29, 0.717) is 9.13 Å². The Bertz CT molecular complexity index is 2180. The van der Waals surface area contributed by atoms with Crippen LogP contribution >= 0.6 is 31.3 Å². The van der Waals surface area contributed by atoms with Gasteiger partial charge in [-0.25, -0.2) is 27.8 Å². The molecular formula is C20H28N10O21P4. The first-order valence-electron chi connectivity index (χ1n) is 14.5. The van der Waals surface area contributed by atoms with Gasteiger partial charge in [-0.05, 0) is 24.9 Å². The SMILES string of the molecule is Cc1cn([C@@H]2O[C@H](COP(=O)(O)OP(=O)(O)OP(=O)(O)OP(=O)(O)OC[C@H]3O[C@@H](n4cc(C)c(=O)[nH]c4=O)[C@H](O)[C@@H]3N=[N+]=[N-])[C@@H](N=[N+]=[N-])[C@H]2O)c(=O)[nH]c1=O. The zero-order valence-corrected chi connectivity index (χ0v) is 30.9. The van der Waals surface area contributed by atoms with Crippen molar-refractivity contribution in [2.24, 2.45) is 10.2 Å². The Morgan fingerprint density at radius 2 is 1.02 bits per heavy atom. The van der Waals surface area contributed by atoms with Gasteiger partial charge in [-0.1, -0.05) is 10.2 Å². The van der Waals surface area contributed by atoms with Gasteiger partial charge in [0.2, 0.25) is 0 Å². The van der Waals surface area contributed by atoms with Crippen molar-refractivity contribution in [1.82, 2.24) is 19.1 Å². The average molecular weight is 868 g/mol. The molecule has 2 saturated heterocycles. The normalized spacial score (nSPS) is 29.5. The minimum absolute atomic E-state index is 0.0234. The van der Waals surface area contributed by atoms with Crippen molar-refractivity contribution in [3.63, 3.8) is 0 Å². The van der Waals surface area contributed by atoms with E-state index in [1.165, 1.54) is 13.8 Å². The van der Waals surface area contributed by atoms with Crippen LogP contribution in [0.15, 0.2) is 41.8 Å². The van der Waals surface area contributed by atoms with E-state index in [2.05, 4.69) is 42.0 Å². The number of azide groups is 2. The van der Waals surface area contributed by atoms with Crippen LogP contribution in [-0.4, -0.2) is 98.6 Å². The molecule has 4 rings (SSSR count). The van der Waals surface area contributed by atoms with Crippen LogP contribution in [0.4, 0.5) is 0 Å². The highest BCUT2D eigenvalue weighted by molar-refractivity contribution is 7.69. The summed E-state index contributed by atoms with van der Waals surface area (Å²) < 4.78 is 82.4. The molecule has 0 spiro atoms. The molecular weight excluding hydrogens is 840 g/mol. The van der Waals surface area contributed by atoms with E-state index in [1.807, 2.05) is 9.97 Å². The van der Waals surface area contributed by atoms with Gasteiger partial charge < -0.3 is 39.3 Å². The number of hydrogen-bond donors (Lipinski definition) is 8. The van der Waals surface area contributed by atoms with E-state index in [1.54, 1.807) is 0 Å². The van der Waals surface area contributed by atoms with Crippen LogP contribution in [0, 0.1) is 13.8 Å². The maximum absolute atomic E-state index is 12.5. The molecule has 0 aliphatic carbocycles. The molecule has 2 aliphatic heterocycles. The van der Waals surface area contributed by atoms with Gasteiger partial charge in [0.1, 0.15) is 12.2 Å². The highest BCUT2D eigenvalue weighted by Gasteiger charge is 2.50. The van der Waals surface area contributed by atoms with Crippen LogP contribution in [-0.2, 0) is 49.7 Å². The topological polar surface area (TPSA) is 462 Å². The lowest BCUT2D eigenvalue weighted by Gasteiger charge is -2.21. The molecule has 2 aromatic rings. The zero-order valence-electron chi connectivity index (χ0n) is 27.4. The molecule has 12 atom stereocenters. The summed E-state index contributed by atoms with van der Waals surface area (Å²) in [5.41, 5.74) is 14.0. The quantitative estimate of drug-likeness (QED) is 0.0437. The number of phosphoric acid groups is 4. The fourth-order valence-corrected chi connectivity index (χ4v) is 9.90. The van der Waals surface area contributed by atoms with E-state index >= 15 is 0 Å². The number of phosphoric ester groups is 2. The first kappa shape index (κ1) is 44.1. The van der Waals surface area contributed by atoms with Gasteiger partial charge in [0, 0.05) is 33.3 Å². The number of aryl methyl sites for hydroxylation is 2. The Balaban J connectivity index is 1.38. The summed E-state index contributed by atoms with van der Waals surface area (Å²) >= 11 is 0. The molecule has 2 fully saturated rings. The summed E-state index contributed by atoms with van der Waals surface area (Å²) in [5.74, 6) is 0. The maximum Gasteiger partial charge on any atom is 0.490 e. The van der Waals surface area contributed by atoms with Crippen LogP contribution in [0.3, 0.4) is 0 Å². The second-order valence-corrected chi connectivity index (χ2v) is 17.4. The van der Waals surface area contributed by atoms with Crippen LogP contribution in [0.2, 0.25) is 0 Å². The van der Waals surface area contributed by atoms with E-state index in [-0.39, 0.29) is 11.1 Å². The predicted octanol–water partition coefficient (Wildman–Crippen LogP) is -0.937. The lowest BCUT2D eigenvalue weighted by molar-refractivity contribution is -0.0528. The number of nitrogens with zero attached hydrogens (tertiary/aromatic N) is 8. The molecule has 8 N–H and O–H groups in total. The van der Waals surface area contributed by atoms with Crippen molar-refractivity contribution < 1.29 is 79.5 Å². The summed E-state index contributed by atoms with van der Waals surface area (Å²) in [6, 6.07) is -3.34. The van der Waals surface area contributed by atoms with Crippen molar-refractivity contribution in [1.29, 1.82) is 0 Å². The van der Waals surface area contributed by atoms with Crippen LogP contribution < -0.4 is 22.5 Å². The predicted molar refractivity (Wildman–Crippen MR) is 172 cm³/mol. The van der Waals surface area contributed by atoms with Gasteiger partial charge in [-0.2, -0.15) is 12.9 Å². The van der Waals surface area contributed by atoms with Crippen LogP contribution in [0.1, 0.15) is 23.6 Å². The number of rotatable bonds is 16. The molecule has 2 aromatic heterocycles. The lowest BCUT2D eigenvalue weighted by Crippen LogP contribution is -2.38. The third kappa shape index (κ3) is 10.8. The number of ether oxygens (including phenoxy) is 2. The number of aliphatic hydroxyl groups excluding tert-OH is 2. The van der Waals surface area contributed by atoms with Gasteiger partial charge in [-0.15, -0.1) is 0 Å². The van der Waals surface area contributed by atoms with Gasteiger partial charge in [0.05, 0.1) is 37.5 Å². The van der Waals surface area contributed by atoms with Gasteiger partial charge in [-0.3, -0.25) is 37.7 Å². The highest BCUT2D eigenvalue weighted by atomic mass is 31.3. The van der Waals surface area contributed by atoms with E-state index in [4.69, 9.17) is 20.5 Å². The minimum Gasteiger partial charge on any atom is -0.388 e. The molecule has 31 nitrogen and oxygen atoms in total. The Morgan fingerprint density at radius 3 is 1.35 bits per heavy atom. The minimum atomic E-state index is -6.31. The molecule has 304 valence electrons. The van der Waals surface area contributed by atoms with Gasteiger partial charge >= 0.3 is 42.7 Å². The lowest BCUT2D eigenvalue weighted by atomic mass is 10.1. The Morgan fingerprint density at radius 1 is 0.691 bits per heavy atom. The number of hydrogen-bond acceptors (Lipinski definition) is 19. The van der Waals surface area contributed by atoms with Gasteiger partial charge in [0.25, 0.3) is 11.1 Å². The van der Waals surface area contributed by atoms with Crippen molar-refractivity contribution in [3.05, 3.63) is 86.1 Å². The van der Waals surface area contributed by atoms with Crippen molar-refractivity contribution in [2.45, 2.75) is 62.8 Å². The molecule has 4 heterocycles. The Kier molecular flexibility index (Phi) is 13.5. The fraction of sp³-hybridized carbons (Fsp3) is 0.600. The number of H-pyrrole nitrogens is 2. The molecule has 55 heavy (non-hydrogen) atoms. The van der Waals surface area contributed by atoms with Crippen LogP contribution in [0.5, 0.6) is 0 Å². The molecule has 35 heteroatoms. The summed E-state index contributed by atoms with van der Waals surface area (Å²) in [4.78, 5) is 96.5. The monoisotopic (exact) mass is 868 g/mol. The van der Waals surface area contributed by atoms with Crippen molar-refractivity contribution in [2.75, 3.05) is 13.2 Å². The summed E-state index contributed by atoms with van der Waals surface area (Å²) in [6.45, 7) is 0.137. The smallest absolute Gasteiger partial charge is 0.388 e. The van der Waals surface area contributed by atoms with Crippen molar-refractivity contribution in [3.8, 4) is 0 Å². The summed E-state index contributed by atoms with van der Waals surface area (Å²) in [6.07, 6.45) is -8.55. The number of aliphatic hydroxyl groups is 2. The second kappa shape index (κ2) is 16.9. The first-order chi connectivity index (χ1) is 25.4. The fourth-order valence-electron chi connectivity index (χ4n) is 4.95. The largest absolute Gasteiger partial charge is 0.490 e.